The van der Waals surface area contributed by atoms with Gasteiger partial charge in [-0.1, -0.05) is 0 Å². The monoisotopic (exact) mass is 1970 g/mol. The number of aliphatic hydroxyl groups excluding tert-OH is 3. The molecule has 0 aromatic heterocycles. The van der Waals surface area contributed by atoms with Crippen molar-refractivity contribution in [1.82, 2.24) is 31.9 Å². The molecule has 21 nitrogen and oxygen atoms in total. The highest BCUT2D eigenvalue weighted by atomic mass is 127. The zero-order valence-corrected chi connectivity index (χ0v) is 56.6. The highest BCUT2D eigenvalue weighted by Crippen LogP contribution is 2.42. The van der Waals surface area contributed by atoms with Gasteiger partial charge in [-0.05, 0) is 203 Å². The summed E-state index contributed by atoms with van der Waals surface area (Å²) in [6.45, 7) is 4.06. The lowest BCUT2D eigenvalue weighted by Gasteiger charge is -2.22. The lowest BCUT2D eigenvalue weighted by Crippen LogP contribution is -2.31. The average Bonchev–Trinajstić information content (AvgIpc) is 3.29. The van der Waals surface area contributed by atoms with Crippen molar-refractivity contribution >= 4 is 274 Å². The van der Waals surface area contributed by atoms with Crippen molar-refractivity contribution < 1.29 is 58.5 Å². The summed E-state index contributed by atoms with van der Waals surface area (Å²) in [5.41, 5.74) is 2.96. The van der Waals surface area contributed by atoms with Gasteiger partial charge in [-0.25, -0.2) is 0 Å². The Labute approximate surface area is 518 Å². The molecule has 3 aromatic carbocycles. The Balaban J connectivity index is 0.000000517. The van der Waals surface area contributed by atoms with Gasteiger partial charge >= 0.3 is 0 Å². The number of anilines is 3. The summed E-state index contributed by atoms with van der Waals surface area (Å²) in [4.78, 5) is 106. The van der Waals surface area contributed by atoms with Crippen LogP contribution in [0.25, 0.3) is 0 Å². The number of hydrogen-bond donors (Lipinski definition) is 12. The maximum absolute atomic E-state index is 12.2. The number of benzene rings is 3. The first kappa shape index (κ1) is 66.4. The standard InChI is InChI=1S/3C13H14I3N3O4/c1-17-11(21)5-7(14)4(10(20)13(23)19-3)8(15)6(9(5)16)12(22)18-2;1-4(20)19-10-8(15)5(11(21)13(23)18-3)7(14)6(9(10)16)12(22)17-2;1-4(20)18-10-7(14)6(12(22)13(23)17-3)8(15)11(9(10)16)19-5(2)21/h10,20H,1-3H3,(H,17,21)(H,18,22)(H,19,23);11,21H,1-3H3,(H,17,22)(H,18,23)(H,19,20);12,22H,1-3H3,(H,17,23)(H,18,20)(H,19,21). The molecule has 0 saturated carbocycles. The van der Waals surface area contributed by atoms with Gasteiger partial charge in [0.15, 0.2) is 18.3 Å². The van der Waals surface area contributed by atoms with Crippen LogP contribution in [0.2, 0.25) is 0 Å². The minimum atomic E-state index is -1.48. The molecular weight excluding hydrogens is 1930 g/mol. The molecule has 3 rings (SSSR count). The molecule has 3 aromatic rings. The maximum atomic E-state index is 12.2. The van der Waals surface area contributed by atoms with Crippen molar-refractivity contribution in [3.8, 4) is 0 Å². The number of carbonyl (C=O) groups excluding carboxylic acids is 9. The summed E-state index contributed by atoms with van der Waals surface area (Å²) in [5, 5.41) is 53.6. The third-order valence-corrected chi connectivity index (χ3v) is 18.6. The summed E-state index contributed by atoms with van der Waals surface area (Å²) in [6.07, 6.45) is -4.36. The molecule has 3 atom stereocenters. The Bertz CT molecular complexity index is 2500. The van der Waals surface area contributed by atoms with Crippen LogP contribution in [0.4, 0.5) is 17.1 Å². The van der Waals surface area contributed by atoms with E-state index < -0.39 is 47.8 Å². The van der Waals surface area contributed by atoms with E-state index in [0.29, 0.717) is 60.3 Å². The van der Waals surface area contributed by atoms with Crippen molar-refractivity contribution in [1.29, 1.82) is 0 Å². The molecule has 0 fully saturated rings. The fourth-order valence-corrected chi connectivity index (χ4v) is 19.0. The van der Waals surface area contributed by atoms with Crippen LogP contribution in [-0.2, 0) is 28.8 Å². The lowest BCUT2D eigenvalue weighted by molar-refractivity contribution is -0.129. The predicted octanol–water partition coefficient (Wildman–Crippen LogP) is 4.79. The third kappa shape index (κ3) is 16.7. The molecule has 378 valence electrons. The smallest absolute Gasteiger partial charge is 0.253 e. The number of hydrogen-bond acceptors (Lipinski definition) is 12. The molecule has 0 radical (unpaired) electrons. The van der Waals surface area contributed by atoms with Crippen LogP contribution in [-0.4, -0.2) is 111 Å². The quantitative estimate of drug-likeness (QED) is 0.109. The number of amides is 9. The number of rotatable bonds is 12. The molecule has 3 unspecified atom stereocenters. The van der Waals surface area contributed by atoms with Crippen LogP contribution in [0.5, 0.6) is 0 Å². The molecule has 0 bridgehead atoms. The first-order valence-corrected chi connectivity index (χ1v) is 28.5. The van der Waals surface area contributed by atoms with Crippen molar-refractivity contribution in [3.63, 3.8) is 0 Å². The second-order valence-electron chi connectivity index (χ2n) is 13.1. The van der Waals surface area contributed by atoms with Crippen LogP contribution in [0.3, 0.4) is 0 Å². The number of likely N-dealkylation sites (N-methyl/N-ethyl adjacent to an activating group) is 3. The first-order valence-electron chi connectivity index (χ1n) is 18.8. The highest BCUT2D eigenvalue weighted by Gasteiger charge is 2.34. The summed E-state index contributed by atoms with van der Waals surface area (Å²) < 4.78 is 4.53. The Morgan fingerprint density at radius 2 is 0.551 bits per heavy atom. The predicted molar refractivity (Wildman–Crippen MR) is 334 cm³/mol. The minimum absolute atomic E-state index is 0.239. The largest absolute Gasteiger partial charge is 0.378 e. The summed E-state index contributed by atoms with van der Waals surface area (Å²) in [6, 6.07) is 0. The fourth-order valence-electron chi connectivity index (χ4n) is 5.40. The molecule has 0 spiro atoms. The van der Waals surface area contributed by atoms with Crippen LogP contribution in [0.15, 0.2) is 0 Å². The van der Waals surface area contributed by atoms with E-state index in [1.165, 1.54) is 63.1 Å². The first-order chi connectivity index (χ1) is 32.0. The molecule has 0 saturated heterocycles. The molecule has 0 aliphatic carbocycles. The fraction of sp³-hybridized carbons (Fsp3) is 0.308. The summed E-state index contributed by atoms with van der Waals surface area (Å²) in [5.74, 6) is -3.86. The normalized spacial score (nSPS) is 11.6. The van der Waals surface area contributed by atoms with Gasteiger partial charge in [0, 0.05) is 105 Å². The van der Waals surface area contributed by atoms with Crippen molar-refractivity contribution in [3.05, 3.63) is 65.5 Å². The van der Waals surface area contributed by atoms with Gasteiger partial charge < -0.3 is 63.2 Å². The molecule has 0 heterocycles. The van der Waals surface area contributed by atoms with E-state index in [1.54, 1.807) is 0 Å². The van der Waals surface area contributed by atoms with Gasteiger partial charge in [0.25, 0.3) is 35.4 Å². The van der Waals surface area contributed by atoms with Gasteiger partial charge in [0.05, 0.1) is 40.9 Å². The Kier molecular flexibility index (Phi) is 29.5. The molecule has 30 heteroatoms. The zero-order valence-electron chi connectivity index (χ0n) is 37.1. The van der Waals surface area contributed by atoms with Crippen molar-refractivity contribution in [2.75, 3.05) is 58.2 Å². The van der Waals surface area contributed by atoms with Crippen LogP contribution in [0.1, 0.15) is 86.8 Å². The number of carbonyl (C=O) groups is 9. The van der Waals surface area contributed by atoms with E-state index in [2.05, 4.69) is 47.9 Å². The SMILES string of the molecule is CNC(=O)C(O)c1c(I)c(NC(C)=O)c(I)c(NC(C)=O)c1I.CNC(=O)c1c(I)c(C(=O)NC)c(I)c(C(O)C(=O)NC)c1I.CNC(=O)c1c(I)c(NC(C)=O)c(I)c(C(O)C(=O)NC)c1I. The minimum Gasteiger partial charge on any atom is -0.378 e. The van der Waals surface area contributed by atoms with Gasteiger partial charge in [0.2, 0.25) is 17.7 Å². The molecule has 12 N–H and O–H groups in total. The molecule has 0 aliphatic heterocycles. The molecule has 69 heavy (non-hydrogen) atoms. The lowest BCUT2D eigenvalue weighted by atomic mass is 10.00. The highest BCUT2D eigenvalue weighted by molar-refractivity contribution is 14.1. The van der Waals surface area contributed by atoms with E-state index in [9.17, 15) is 58.5 Å². The van der Waals surface area contributed by atoms with Crippen LogP contribution in [0, 0.1) is 32.1 Å². The van der Waals surface area contributed by atoms with E-state index in [1.807, 2.05) is 203 Å². The van der Waals surface area contributed by atoms with Gasteiger partial charge in [0.1, 0.15) is 0 Å². The van der Waals surface area contributed by atoms with Gasteiger partial charge in [-0.15, -0.1) is 0 Å². The number of halogens is 9. The molecular formula is C39H42I9N9O12. The number of nitrogens with one attached hydrogen (secondary N) is 9. The van der Waals surface area contributed by atoms with E-state index in [4.69, 9.17) is 0 Å². The third-order valence-electron chi connectivity index (χ3n) is 8.62. The van der Waals surface area contributed by atoms with Crippen molar-refractivity contribution in [2.45, 2.75) is 39.1 Å². The summed E-state index contributed by atoms with van der Waals surface area (Å²) in [7, 11) is 8.66. The van der Waals surface area contributed by atoms with E-state index in [-0.39, 0.29) is 45.9 Å². The second kappa shape index (κ2) is 30.6. The maximum Gasteiger partial charge on any atom is 0.253 e. The second-order valence-corrected chi connectivity index (χ2v) is 22.9. The Morgan fingerprint density at radius 1 is 0.333 bits per heavy atom. The van der Waals surface area contributed by atoms with E-state index >= 15 is 0 Å². The van der Waals surface area contributed by atoms with Crippen LogP contribution < -0.4 is 47.9 Å². The Morgan fingerprint density at radius 3 is 0.783 bits per heavy atom. The topological polar surface area (TPSA) is 323 Å². The molecule has 9 amide bonds. The Hall–Kier alpha value is -0.660. The zero-order chi connectivity index (χ0) is 53.7. The van der Waals surface area contributed by atoms with Gasteiger partial charge in [-0.2, -0.15) is 0 Å². The van der Waals surface area contributed by atoms with Gasteiger partial charge in [-0.3, -0.25) is 43.2 Å². The summed E-state index contributed by atoms with van der Waals surface area (Å²) >= 11 is 17.5. The average molecular weight is 1970 g/mol. The van der Waals surface area contributed by atoms with Crippen molar-refractivity contribution in [2.24, 2.45) is 0 Å². The molecule has 0 aliphatic rings. The van der Waals surface area contributed by atoms with Crippen LogP contribution >= 0.6 is 203 Å². The number of aliphatic hydroxyl groups is 3. The van der Waals surface area contributed by atoms with E-state index in [0.717, 1.165) is 0 Å².